The number of halogens is 3. The Hall–Kier alpha value is -4.06. The standard InChI is InChI=1S/C16H17F3N4.C11H12N2.C2H6/c1-20-12-6-4-11(5-7-12)13-10-14(23-8-2-3-9-23)22-15(21-13)16(17,18)19;1-2-13-8-7-10-3-5-11(9-12)6-4-10;1-2/h4-7,10,20H,2-3,8-9H2,1H3;2-6,13H,1,7-8H2;1-2H3. The molecule has 38 heavy (non-hydrogen) atoms. The zero-order valence-corrected chi connectivity index (χ0v) is 22.1. The summed E-state index contributed by atoms with van der Waals surface area (Å²) in [6.45, 7) is 9.91. The molecule has 0 spiro atoms. The van der Waals surface area contributed by atoms with E-state index in [1.165, 1.54) is 5.56 Å². The van der Waals surface area contributed by atoms with Gasteiger partial charge in [0.15, 0.2) is 0 Å². The molecule has 1 aromatic heterocycles. The van der Waals surface area contributed by atoms with Crippen LogP contribution < -0.4 is 15.5 Å². The summed E-state index contributed by atoms with van der Waals surface area (Å²) in [6.07, 6.45) is 0.0197. The number of nitrogens with zero attached hydrogens (tertiary/aromatic N) is 4. The van der Waals surface area contributed by atoms with Crippen LogP contribution in [-0.4, -0.2) is 36.6 Å². The summed E-state index contributed by atoms with van der Waals surface area (Å²) in [5.74, 6) is -0.743. The van der Waals surface area contributed by atoms with E-state index in [2.05, 4.69) is 33.2 Å². The van der Waals surface area contributed by atoms with Gasteiger partial charge in [-0.05, 0) is 55.3 Å². The van der Waals surface area contributed by atoms with Crippen LogP contribution in [0.1, 0.15) is 43.6 Å². The Morgan fingerprint density at radius 3 is 2.18 bits per heavy atom. The predicted molar refractivity (Wildman–Crippen MR) is 148 cm³/mol. The maximum atomic E-state index is 13.1. The molecular formula is C29H35F3N6. The number of rotatable bonds is 7. The van der Waals surface area contributed by atoms with Gasteiger partial charge in [-0.3, -0.25) is 0 Å². The molecule has 9 heteroatoms. The van der Waals surface area contributed by atoms with E-state index in [1.807, 2.05) is 43.0 Å². The zero-order chi connectivity index (χ0) is 28.0. The first-order chi connectivity index (χ1) is 18.3. The second kappa shape index (κ2) is 15.3. The molecule has 1 saturated heterocycles. The first-order valence-corrected chi connectivity index (χ1v) is 12.7. The maximum Gasteiger partial charge on any atom is 0.451 e. The van der Waals surface area contributed by atoms with Crippen LogP contribution in [-0.2, 0) is 12.6 Å². The van der Waals surface area contributed by atoms with Crippen molar-refractivity contribution < 1.29 is 13.2 Å². The number of benzene rings is 2. The Bertz CT molecular complexity index is 1160. The van der Waals surface area contributed by atoms with E-state index >= 15 is 0 Å². The number of alkyl halides is 3. The van der Waals surface area contributed by atoms with E-state index in [1.54, 1.807) is 43.6 Å². The minimum atomic E-state index is -4.56. The Morgan fingerprint density at radius 2 is 1.66 bits per heavy atom. The molecule has 0 unspecified atom stereocenters. The van der Waals surface area contributed by atoms with Crippen molar-refractivity contribution in [3.63, 3.8) is 0 Å². The van der Waals surface area contributed by atoms with Gasteiger partial charge in [0.2, 0.25) is 5.82 Å². The Balaban J connectivity index is 0.000000288. The van der Waals surface area contributed by atoms with Crippen LogP contribution in [0.3, 0.4) is 0 Å². The van der Waals surface area contributed by atoms with Crippen molar-refractivity contribution in [3.05, 3.63) is 84.3 Å². The third-order valence-electron chi connectivity index (χ3n) is 5.65. The second-order valence-corrected chi connectivity index (χ2v) is 8.17. The topological polar surface area (TPSA) is 76.9 Å². The number of hydrogen-bond donors (Lipinski definition) is 2. The normalized spacial score (nSPS) is 12.3. The van der Waals surface area contributed by atoms with Gasteiger partial charge in [-0.15, -0.1) is 0 Å². The minimum absolute atomic E-state index is 0.289. The highest BCUT2D eigenvalue weighted by Crippen LogP contribution is 2.32. The highest BCUT2D eigenvalue weighted by molar-refractivity contribution is 5.65. The highest BCUT2D eigenvalue weighted by Gasteiger charge is 2.36. The highest BCUT2D eigenvalue weighted by atomic mass is 19.4. The molecule has 0 radical (unpaired) electrons. The van der Waals surface area contributed by atoms with E-state index in [9.17, 15) is 13.2 Å². The molecule has 0 atom stereocenters. The molecule has 1 aliphatic heterocycles. The van der Waals surface area contributed by atoms with Crippen LogP contribution in [0, 0.1) is 11.3 Å². The molecule has 4 rings (SSSR count). The van der Waals surface area contributed by atoms with Gasteiger partial charge in [0.25, 0.3) is 0 Å². The van der Waals surface area contributed by atoms with E-state index in [0.29, 0.717) is 16.9 Å². The Morgan fingerprint density at radius 1 is 1.03 bits per heavy atom. The summed E-state index contributed by atoms with van der Waals surface area (Å²) in [7, 11) is 1.78. The third kappa shape index (κ3) is 9.11. The van der Waals surface area contributed by atoms with E-state index in [4.69, 9.17) is 5.26 Å². The molecular weight excluding hydrogens is 489 g/mol. The van der Waals surface area contributed by atoms with Gasteiger partial charge >= 0.3 is 6.18 Å². The predicted octanol–water partition coefficient (Wildman–Crippen LogP) is 6.66. The molecule has 6 nitrogen and oxygen atoms in total. The molecule has 1 fully saturated rings. The van der Waals surface area contributed by atoms with Crippen molar-refractivity contribution in [2.75, 3.05) is 36.9 Å². The fourth-order valence-electron chi connectivity index (χ4n) is 3.69. The first kappa shape index (κ1) is 30.2. The lowest BCUT2D eigenvalue weighted by Crippen LogP contribution is -2.22. The number of nitriles is 1. The Labute approximate surface area is 223 Å². The lowest BCUT2D eigenvalue weighted by molar-refractivity contribution is -0.144. The number of aromatic nitrogens is 2. The first-order valence-electron chi connectivity index (χ1n) is 12.7. The second-order valence-electron chi connectivity index (χ2n) is 8.17. The Kier molecular flexibility index (Phi) is 12.1. The number of nitrogens with one attached hydrogen (secondary N) is 2. The third-order valence-corrected chi connectivity index (χ3v) is 5.65. The van der Waals surface area contributed by atoms with Gasteiger partial charge in [-0.1, -0.05) is 44.7 Å². The summed E-state index contributed by atoms with van der Waals surface area (Å²) >= 11 is 0. The molecule has 2 N–H and O–H groups in total. The van der Waals surface area contributed by atoms with Crippen LogP contribution in [0.2, 0.25) is 0 Å². The van der Waals surface area contributed by atoms with Gasteiger partial charge in [-0.25, -0.2) is 9.97 Å². The van der Waals surface area contributed by atoms with Gasteiger partial charge < -0.3 is 15.5 Å². The molecule has 1 aliphatic rings. The summed E-state index contributed by atoms with van der Waals surface area (Å²) in [5.41, 5.74) is 3.75. The quantitative estimate of drug-likeness (QED) is 0.337. The van der Waals surface area contributed by atoms with Crippen LogP contribution in [0.15, 0.2) is 67.4 Å². The monoisotopic (exact) mass is 524 g/mol. The molecule has 3 aromatic rings. The molecule has 0 bridgehead atoms. The van der Waals surface area contributed by atoms with E-state index in [-0.39, 0.29) is 5.69 Å². The molecule has 2 heterocycles. The minimum Gasteiger partial charge on any atom is -0.391 e. The van der Waals surface area contributed by atoms with Crippen molar-refractivity contribution in [1.29, 1.82) is 5.26 Å². The summed E-state index contributed by atoms with van der Waals surface area (Å²) in [4.78, 5) is 9.32. The van der Waals surface area contributed by atoms with Crippen molar-refractivity contribution >= 4 is 11.5 Å². The molecule has 0 amide bonds. The smallest absolute Gasteiger partial charge is 0.391 e. The average Bonchev–Trinajstić information content (AvgIpc) is 3.50. The summed E-state index contributed by atoms with van der Waals surface area (Å²) in [5, 5.41) is 14.6. The van der Waals surface area contributed by atoms with Crippen molar-refractivity contribution in [1.82, 2.24) is 15.3 Å². The molecule has 202 valence electrons. The largest absolute Gasteiger partial charge is 0.451 e. The van der Waals surface area contributed by atoms with E-state index < -0.39 is 12.0 Å². The summed E-state index contributed by atoms with van der Waals surface area (Å²) in [6, 6.07) is 18.5. The van der Waals surface area contributed by atoms with Crippen molar-refractivity contribution in [3.8, 4) is 17.3 Å². The SMILES string of the molecule is C=CNCCc1ccc(C#N)cc1.CC.CNc1ccc(-c2cc(N3CCCC3)nc(C(F)(F)F)n2)cc1. The van der Waals surface area contributed by atoms with Crippen molar-refractivity contribution in [2.24, 2.45) is 0 Å². The van der Waals surface area contributed by atoms with Gasteiger partial charge in [0, 0.05) is 44.0 Å². The zero-order valence-electron chi connectivity index (χ0n) is 22.1. The lowest BCUT2D eigenvalue weighted by atomic mass is 10.1. The fourth-order valence-corrected chi connectivity index (χ4v) is 3.69. The molecule has 0 aliphatic carbocycles. The average molecular weight is 525 g/mol. The van der Waals surface area contributed by atoms with Gasteiger partial charge in [-0.2, -0.15) is 18.4 Å². The lowest BCUT2D eigenvalue weighted by Gasteiger charge is -2.18. The summed E-state index contributed by atoms with van der Waals surface area (Å²) < 4.78 is 39.3. The number of hydrogen-bond acceptors (Lipinski definition) is 6. The molecule has 0 saturated carbocycles. The van der Waals surface area contributed by atoms with Crippen LogP contribution in [0.25, 0.3) is 11.3 Å². The van der Waals surface area contributed by atoms with Gasteiger partial charge in [0.05, 0.1) is 17.3 Å². The van der Waals surface area contributed by atoms with Crippen LogP contribution in [0.5, 0.6) is 0 Å². The van der Waals surface area contributed by atoms with Gasteiger partial charge in [0.1, 0.15) is 5.82 Å². The van der Waals surface area contributed by atoms with Crippen LogP contribution in [0.4, 0.5) is 24.7 Å². The van der Waals surface area contributed by atoms with Crippen LogP contribution >= 0.6 is 0 Å². The number of anilines is 2. The van der Waals surface area contributed by atoms with Crippen molar-refractivity contribution in [2.45, 2.75) is 39.3 Å². The van der Waals surface area contributed by atoms with E-state index in [0.717, 1.165) is 44.6 Å². The fraction of sp³-hybridized carbons (Fsp3) is 0.345. The molecule has 2 aromatic carbocycles. The maximum absolute atomic E-state index is 13.1.